The summed E-state index contributed by atoms with van der Waals surface area (Å²) < 4.78 is 19.9. The van der Waals surface area contributed by atoms with Gasteiger partial charge < -0.3 is 9.32 Å². The van der Waals surface area contributed by atoms with Crippen molar-refractivity contribution in [1.29, 1.82) is 0 Å². The predicted octanol–water partition coefficient (Wildman–Crippen LogP) is 5.35. The number of hydrogen-bond acceptors (Lipinski definition) is 5. The molecular formula is C24H14BrFN2O5. The van der Waals surface area contributed by atoms with Crippen LogP contribution in [0.4, 0.5) is 10.1 Å². The first kappa shape index (κ1) is 21.0. The zero-order valence-electron chi connectivity index (χ0n) is 16.8. The molecule has 0 saturated carbocycles. The Morgan fingerprint density at radius 2 is 1.82 bits per heavy atom. The Balaban J connectivity index is 1.73. The van der Waals surface area contributed by atoms with Crippen LogP contribution in [-0.2, 0) is 6.54 Å². The highest BCUT2D eigenvalue weighted by molar-refractivity contribution is 9.10. The summed E-state index contributed by atoms with van der Waals surface area (Å²) in [5.41, 5.74) is 0.861. The number of rotatable bonds is 4. The van der Waals surface area contributed by atoms with Crippen LogP contribution >= 0.6 is 15.9 Å². The highest BCUT2D eigenvalue weighted by Gasteiger charge is 2.43. The highest BCUT2D eigenvalue weighted by Crippen LogP contribution is 2.40. The maximum atomic E-state index is 13.5. The first-order chi connectivity index (χ1) is 15.8. The Morgan fingerprint density at radius 1 is 1.06 bits per heavy atom. The lowest BCUT2D eigenvalue weighted by atomic mass is 9.98. The predicted molar refractivity (Wildman–Crippen MR) is 121 cm³/mol. The van der Waals surface area contributed by atoms with Gasteiger partial charge in [-0.1, -0.05) is 40.2 Å². The smallest absolute Gasteiger partial charge is 0.291 e. The van der Waals surface area contributed by atoms with Crippen molar-refractivity contribution in [3.05, 3.63) is 120 Å². The van der Waals surface area contributed by atoms with Gasteiger partial charge in [0.05, 0.1) is 21.9 Å². The van der Waals surface area contributed by atoms with E-state index in [4.69, 9.17) is 4.42 Å². The topological polar surface area (TPSA) is 93.7 Å². The quantitative estimate of drug-likeness (QED) is 0.273. The van der Waals surface area contributed by atoms with Crippen molar-refractivity contribution in [2.75, 3.05) is 0 Å². The SMILES string of the molecule is O=C1c2oc3ccc(Br)cc3c(=O)c2[C@@H](c2cccc([N+](=O)[O-])c2)N1Cc1ccc(F)cc1. The Morgan fingerprint density at radius 3 is 2.55 bits per heavy atom. The van der Waals surface area contributed by atoms with E-state index in [1.54, 1.807) is 36.4 Å². The van der Waals surface area contributed by atoms with Gasteiger partial charge in [-0.3, -0.25) is 19.7 Å². The van der Waals surface area contributed by atoms with Gasteiger partial charge >= 0.3 is 0 Å². The summed E-state index contributed by atoms with van der Waals surface area (Å²) in [5.74, 6) is -1.04. The number of amides is 1. The number of benzene rings is 3. The molecule has 0 spiro atoms. The van der Waals surface area contributed by atoms with Gasteiger partial charge in [-0.05, 0) is 41.5 Å². The van der Waals surface area contributed by atoms with Crippen molar-refractivity contribution in [3.8, 4) is 0 Å². The number of carbonyl (C=O) groups excluding carboxylic acids is 1. The minimum Gasteiger partial charge on any atom is -0.450 e. The lowest BCUT2D eigenvalue weighted by Crippen LogP contribution is -2.29. The maximum absolute atomic E-state index is 13.5. The Kier molecular flexibility index (Phi) is 5.05. The fourth-order valence-corrected chi connectivity index (χ4v) is 4.46. The van der Waals surface area contributed by atoms with Gasteiger partial charge in [0.2, 0.25) is 5.76 Å². The first-order valence-electron chi connectivity index (χ1n) is 9.89. The fraction of sp³-hybridized carbons (Fsp3) is 0.0833. The molecule has 0 unspecified atom stereocenters. The van der Waals surface area contributed by atoms with Gasteiger partial charge in [-0.25, -0.2) is 4.39 Å². The van der Waals surface area contributed by atoms with Crippen LogP contribution in [0.2, 0.25) is 0 Å². The second-order valence-corrected chi connectivity index (χ2v) is 8.54. The molecule has 1 amide bonds. The van der Waals surface area contributed by atoms with Crippen molar-refractivity contribution < 1.29 is 18.5 Å². The number of nitro groups is 1. The van der Waals surface area contributed by atoms with E-state index in [9.17, 15) is 24.1 Å². The molecule has 1 atom stereocenters. The Bertz CT molecular complexity index is 1500. The minimum absolute atomic E-state index is 0.0517. The third kappa shape index (κ3) is 3.60. The summed E-state index contributed by atoms with van der Waals surface area (Å²) in [6, 6.07) is 15.5. The summed E-state index contributed by atoms with van der Waals surface area (Å²) in [6.07, 6.45) is 0. The van der Waals surface area contributed by atoms with E-state index in [1.807, 2.05) is 0 Å². The number of fused-ring (bicyclic) bond motifs is 2. The molecule has 2 heterocycles. The van der Waals surface area contributed by atoms with Crippen molar-refractivity contribution in [2.45, 2.75) is 12.6 Å². The van der Waals surface area contributed by atoms with Crippen molar-refractivity contribution in [1.82, 2.24) is 4.90 Å². The molecule has 3 aromatic carbocycles. The van der Waals surface area contributed by atoms with Crippen LogP contribution in [0, 0.1) is 15.9 Å². The average Bonchev–Trinajstić information content (AvgIpc) is 3.08. The normalized spacial score (nSPS) is 15.2. The third-order valence-electron chi connectivity index (χ3n) is 5.59. The Hall–Kier alpha value is -3.85. The largest absolute Gasteiger partial charge is 0.450 e. The second kappa shape index (κ2) is 7.93. The van der Waals surface area contributed by atoms with Gasteiger partial charge in [0.25, 0.3) is 11.6 Å². The molecule has 1 aliphatic heterocycles. The summed E-state index contributed by atoms with van der Waals surface area (Å²) >= 11 is 3.34. The van der Waals surface area contributed by atoms with Gasteiger partial charge in [0.15, 0.2) is 5.43 Å². The third-order valence-corrected chi connectivity index (χ3v) is 6.08. The van der Waals surface area contributed by atoms with Crippen molar-refractivity contribution >= 4 is 38.5 Å². The molecule has 1 aromatic heterocycles. The molecule has 0 N–H and O–H groups in total. The fourth-order valence-electron chi connectivity index (χ4n) is 4.10. The lowest BCUT2D eigenvalue weighted by Gasteiger charge is -2.25. The van der Waals surface area contributed by atoms with Crippen LogP contribution in [0.3, 0.4) is 0 Å². The summed E-state index contributed by atoms with van der Waals surface area (Å²) in [6.45, 7) is 0.0517. The lowest BCUT2D eigenvalue weighted by molar-refractivity contribution is -0.384. The van der Waals surface area contributed by atoms with E-state index in [0.29, 0.717) is 15.6 Å². The van der Waals surface area contributed by atoms with Gasteiger partial charge in [0.1, 0.15) is 11.4 Å². The van der Waals surface area contributed by atoms with E-state index < -0.39 is 22.7 Å². The van der Waals surface area contributed by atoms with E-state index in [2.05, 4.69) is 15.9 Å². The summed E-state index contributed by atoms with van der Waals surface area (Å²) in [4.78, 5) is 39.2. The molecule has 0 saturated heterocycles. The van der Waals surface area contributed by atoms with Gasteiger partial charge in [0, 0.05) is 23.2 Å². The van der Waals surface area contributed by atoms with E-state index in [-0.39, 0.29) is 40.0 Å². The number of hydrogen-bond donors (Lipinski definition) is 0. The number of nitro benzene ring substituents is 1. The molecular weight excluding hydrogens is 495 g/mol. The number of carbonyl (C=O) groups is 1. The van der Waals surface area contributed by atoms with Crippen molar-refractivity contribution in [3.63, 3.8) is 0 Å². The molecule has 1 aliphatic rings. The maximum Gasteiger partial charge on any atom is 0.291 e. The summed E-state index contributed by atoms with van der Waals surface area (Å²) in [7, 11) is 0. The molecule has 0 fully saturated rings. The van der Waals surface area contributed by atoms with Crippen LogP contribution < -0.4 is 5.43 Å². The molecule has 7 nitrogen and oxygen atoms in total. The molecule has 33 heavy (non-hydrogen) atoms. The van der Waals surface area contributed by atoms with Gasteiger partial charge in [-0.15, -0.1) is 0 Å². The minimum atomic E-state index is -0.905. The van der Waals surface area contributed by atoms with Crippen LogP contribution in [0.15, 0.2) is 80.4 Å². The molecule has 0 radical (unpaired) electrons. The molecule has 5 rings (SSSR count). The van der Waals surface area contributed by atoms with E-state index in [0.717, 1.165) is 0 Å². The van der Waals surface area contributed by atoms with Crippen LogP contribution in [-0.4, -0.2) is 15.7 Å². The highest BCUT2D eigenvalue weighted by atomic mass is 79.9. The number of non-ortho nitro benzene ring substituents is 1. The second-order valence-electron chi connectivity index (χ2n) is 7.63. The van der Waals surface area contributed by atoms with Crippen molar-refractivity contribution in [2.24, 2.45) is 0 Å². The first-order valence-corrected chi connectivity index (χ1v) is 10.7. The zero-order valence-corrected chi connectivity index (χ0v) is 18.4. The van der Waals surface area contributed by atoms with Crippen LogP contribution in [0.25, 0.3) is 11.0 Å². The standard InChI is InChI=1S/C24H14BrFN2O5/c25-15-6-9-19-18(11-15)22(29)20-21(14-2-1-3-17(10-14)28(31)32)27(24(30)23(20)33-19)12-13-4-7-16(26)8-5-13/h1-11,21H,12H2/t21-/m1/s1. The Labute approximate surface area is 194 Å². The molecule has 0 bridgehead atoms. The molecule has 164 valence electrons. The van der Waals surface area contributed by atoms with Gasteiger partial charge in [-0.2, -0.15) is 0 Å². The van der Waals surface area contributed by atoms with E-state index in [1.165, 1.54) is 35.2 Å². The average molecular weight is 509 g/mol. The number of halogens is 2. The zero-order chi connectivity index (χ0) is 23.3. The monoisotopic (exact) mass is 508 g/mol. The number of nitrogens with zero attached hydrogens (tertiary/aromatic N) is 2. The van der Waals surface area contributed by atoms with E-state index >= 15 is 0 Å². The summed E-state index contributed by atoms with van der Waals surface area (Å²) in [5, 5.41) is 11.7. The van der Waals surface area contributed by atoms with Crippen LogP contribution in [0.1, 0.15) is 33.3 Å². The van der Waals surface area contributed by atoms with Crippen LogP contribution in [0.5, 0.6) is 0 Å². The molecule has 9 heteroatoms. The molecule has 4 aromatic rings. The molecule has 0 aliphatic carbocycles.